The summed E-state index contributed by atoms with van der Waals surface area (Å²) in [7, 11) is 0. The second kappa shape index (κ2) is 9.46. The second-order valence-electron chi connectivity index (χ2n) is 4.40. The first-order valence-electron chi connectivity index (χ1n) is 6.56. The molecule has 0 aliphatic carbocycles. The van der Waals surface area contributed by atoms with Crippen molar-refractivity contribution in [2.75, 3.05) is 5.33 Å². The first kappa shape index (κ1) is 14.5. The summed E-state index contributed by atoms with van der Waals surface area (Å²) in [6.07, 6.45) is 10.8. The quantitative estimate of drug-likeness (QED) is 0.499. The van der Waals surface area contributed by atoms with Crippen molar-refractivity contribution < 1.29 is 0 Å². The molecule has 3 heteroatoms. The van der Waals surface area contributed by atoms with Crippen LogP contribution < -0.4 is 5.56 Å². The zero-order valence-corrected chi connectivity index (χ0v) is 12.0. The molecule has 0 unspecified atom stereocenters. The Balaban J connectivity index is 2.01. The Morgan fingerprint density at radius 3 is 2.24 bits per heavy atom. The first-order valence-corrected chi connectivity index (χ1v) is 7.68. The van der Waals surface area contributed by atoms with Crippen molar-refractivity contribution in [2.45, 2.75) is 51.5 Å². The van der Waals surface area contributed by atoms with Crippen LogP contribution in [-0.4, -0.2) is 9.90 Å². The summed E-state index contributed by atoms with van der Waals surface area (Å²) in [5.74, 6) is 0. The van der Waals surface area contributed by atoms with Crippen molar-refractivity contribution in [1.29, 1.82) is 0 Å². The van der Waals surface area contributed by atoms with Crippen LogP contribution in [-0.2, 0) is 6.54 Å². The lowest BCUT2D eigenvalue weighted by Crippen LogP contribution is -2.17. The highest BCUT2D eigenvalue weighted by Crippen LogP contribution is 2.08. The summed E-state index contributed by atoms with van der Waals surface area (Å²) in [6.45, 7) is 0.862. The Morgan fingerprint density at radius 1 is 0.941 bits per heavy atom. The number of pyridine rings is 1. The molecule has 0 spiro atoms. The van der Waals surface area contributed by atoms with Gasteiger partial charge in [0.2, 0.25) is 5.56 Å². The van der Waals surface area contributed by atoms with Gasteiger partial charge in [-0.15, -0.1) is 0 Å². The van der Waals surface area contributed by atoms with Crippen LogP contribution in [0.3, 0.4) is 0 Å². The van der Waals surface area contributed by atoms with Gasteiger partial charge in [0.1, 0.15) is 0 Å². The van der Waals surface area contributed by atoms with Gasteiger partial charge >= 0.3 is 0 Å². The van der Waals surface area contributed by atoms with Crippen molar-refractivity contribution in [3.05, 3.63) is 34.7 Å². The van der Waals surface area contributed by atoms with Gasteiger partial charge in [-0.05, 0) is 18.9 Å². The standard InChI is InChI=1S/C14H22BrNO/c15-11-7-4-2-1-3-5-8-12-16-13-9-6-10-14(16)17/h6,9-10,13H,1-5,7-8,11-12H2. The molecule has 1 aromatic heterocycles. The van der Waals surface area contributed by atoms with Crippen molar-refractivity contribution in [1.82, 2.24) is 4.57 Å². The zero-order valence-electron chi connectivity index (χ0n) is 10.4. The fraction of sp³-hybridized carbons (Fsp3) is 0.643. The molecule has 96 valence electrons. The molecule has 0 saturated carbocycles. The molecule has 1 rings (SSSR count). The number of hydrogen-bond donors (Lipinski definition) is 0. The molecule has 0 atom stereocenters. The molecule has 17 heavy (non-hydrogen) atoms. The molecule has 0 aliphatic rings. The van der Waals surface area contributed by atoms with Crippen LogP contribution in [0.2, 0.25) is 0 Å². The lowest BCUT2D eigenvalue weighted by atomic mass is 10.1. The van der Waals surface area contributed by atoms with Crippen LogP contribution in [0.15, 0.2) is 29.2 Å². The van der Waals surface area contributed by atoms with Crippen LogP contribution in [0.5, 0.6) is 0 Å². The van der Waals surface area contributed by atoms with E-state index < -0.39 is 0 Å². The molecular weight excluding hydrogens is 278 g/mol. The number of hydrogen-bond acceptors (Lipinski definition) is 1. The highest BCUT2D eigenvalue weighted by molar-refractivity contribution is 9.09. The van der Waals surface area contributed by atoms with Gasteiger partial charge in [0.05, 0.1) is 0 Å². The lowest BCUT2D eigenvalue weighted by Gasteiger charge is -2.04. The number of alkyl halides is 1. The van der Waals surface area contributed by atoms with Gasteiger partial charge in [0.15, 0.2) is 0 Å². The average Bonchev–Trinajstić information content (AvgIpc) is 2.35. The number of rotatable bonds is 9. The Bertz CT molecular complexity index is 348. The van der Waals surface area contributed by atoms with Gasteiger partial charge in [0, 0.05) is 24.1 Å². The summed E-state index contributed by atoms with van der Waals surface area (Å²) in [6, 6.07) is 5.34. The SMILES string of the molecule is O=c1ccccn1CCCCCCCCCBr. The predicted octanol–water partition coefficient (Wildman–Crippen LogP) is 3.97. The molecule has 0 bridgehead atoms. The van der Waals surface area contributed by atoms with Gasteiger partial charge in [-0.3, -0.25) is 4.79 Å². The van der Waals surface area contributed by atoms with E-state index in [0.717, 1.165) is 18.3 Å². The molecule has 0 amide bonds. The van der Waals surface area contributed by atoms with Gasteiger partial charge < -0.3 is 4.57 Å². The minimum absolute atomic E-state index is 0.116. The first-order chi connectivity index (χ1) is 8.34. The average molecular weight is 300 g/mol. The summed E-state index contributed by atoms with van der Waals surface area (Å²) in [5, 5.41) is 1.13. The number of halogens is 1. The van der Waals surface area contributed by atoms with Crippen LogP contribution >= 0.6 is 15.9 Å². The highest BCUT2D eigenvalue weighted by atomic mass is 79.9. The number of nitrogens with zero attached hydrogens (tertiary/aromatic N) is 1. The number of aryl methyl sites for hydroxylation is 1. The largest absolute Gasteiger partial charge is 0.316 e. The Hall–Kier alpha value is -0.570. The molecular formula is C14H22BrNO. The second-order valence-corrected chi connectivity index (χ2v) is 5.19. The van der Waals surface area contributed by atoms with Gasteiger partial charge in [-0.2, -0.15) is 0 Å². The lowest BCUT2D eigenvalue weighted by molar-refractivity contribution is 0.543. The van der Waals surface area contributed by atoms with Crippen LogP contribution in [0.1, 0.15) is 44.9 Å². The van der Waals surface area contributed by atoms with Gasteiger partial charge in [-0.1, -0.05) is 54.1 Å². The predicted molar refractivity (Wildman–Crippen MR) is 76.8 cm³/mol. The highest BCUT2D eigenvalue weighted by Gasteiger charge is 1.94. The Kier molecular flexibility index (Phi) is 8.06. The van der Waals surface area contributed by atoms with E-state index >= 15 is 0 Å². The maximum absolute atomic E-state index is 11.4. The molecule has 0 saturated heterocycles. The van der Waals surface area contributed by atoms with E-state index in [1.54, 1.807) is 16.7 Å². The topological polar surface area (TPSA) is 22.0 Å². The van der Waals surface area contributed by atoms with Gasteiger partial charge in [0.25, 0.3) is 0 Å². The van der Waals surface area contributed by atoms with Crippen LogP contribution in [0.4, 0.5) is 0 Å². The van der Waals surface area contributed by atoms with Gasteiger partial charge in [-0.25, -0.2) is 0 Å². The third-order valence-corrected chi connectivity index (χ3v) is 3.49. The Morgan fingerprint density at radius 2 is 1.59 bits per heavy atom. The molecule has 1 heterocycles. The van der Waals surface area contributed by atoms with E-state index in [1.807, 2.05) is 12.3 Å². The zero-order chi connectivity index (χ0) is 12.3. The fourth-order valence-electron chi connectivity index (χ4n) is 1.91. The summed E-state index contributed by atoms with van der Waals surface area (Å²) >= 11 is 3.44. The summed E-state index contributed by atoms with van der Waals surface area (Å²) < 4.78 is 1.80. The van der Waals surface area contributed by atoms with E-state index in [9.17, 15) is 4.79 Å². The number of unbranched alkanes of at least 4 members (excludes halogenated alkanes) is 6. The van der Waals surface area contributed by atoms with E-state index in [4.69, 9.17) is 0 Å². The summed E-state index contributed by atoms with van der Waals surface area (Å²) in [4.78, 5) is 11.4. The van der Waals surface area contributed by atoms with Crippen molar-refractivity contribution in [2.24, 2.45) is 0 Å². The minimum atomic E-state index is 0.116. The van der Waals surface area contributed by atoms with Crippen LogP contribution in [0, 0.1) is 0 Å². The molecule has 2 nitrogen and oxygen atoms in total. The minimum Gasteiger partial charge on any atom is -0.316 e. The smallest absolute Gasteiger partial charge is 0.250 e. The molecule has 0 radical (unpaired) electrons. The van der Waals surface area contributed by atoms with Crippen molar-refractivity contribution in [3.63, 3.8) is 0 Å². The van der Waals surface area contributed by atoms with E-state index in [0.29, 0.717) is 0 Å². The fourth-order valence-corrected chi connectivity index (χ4v) is 2.30. The molecule has 0 N–H and O–H groups in total. The number of aromatic nitrogens is 1. The molecule has 0 fully saturated rings. The Labute approximate surface area is 112 Å². The molecule has 1 aromatic rings. The monoisotopic (exact) mass is 299 g/mol. The van der Waals surface area contributed by atoms with E-state index in [-0.39, 0.29) is 5.56 Å². The summed E-state index contributed by atoms with van der Waals surface area (Å²) in [5.41, 5.74) is 0.116. The van der Waals surface area contributed by atoms with Crippen molar-refractivity contribution in [3.8, 4) is 0 Å². The maximum atomic E-state index is 11.4. The van der Waals surface area contributed by atoms with Crippen molar-refractivity contribution >= 4 is 15.9 Å². The van der Waals surface area contributed by atoms with E-state index in [2.05, 4.69) is 15.9 Å². The molecule has 0 aromatic carbocycles. The van der Waals surface area contributed by atoms with Crippen LogP contribution in [0.25, 0.3) is 0 Å². The third-order valence-electron chi connectivity index (χ3n) is 2.93. The normalized spacial score (nSPS) is 10.6. The third kappa shape index (κ3) is 6.67. The maximum Gasteiger partial charge on any atom is 0.250 e. The van der Waals surface area contributed by atoms with E-state index in [1.165, 1.54) is 38.5 Å². The molecule has 0 aliphatic heterocycles.